The largest absolute Gasteiger partial charge is 0.336 e. The lowest BCUT2D eigenvalue weighted by atomic mass is 10.0. The quantitative estimate of drug-likeness (QED) is 0.912. The summed E-state index contributed by atoms with van der Waals surface area (Å²) in [5.41, 5.74) is 1.91. The molecule has 1 aliphatic heterocycles. The van der Waals surface area contributed by atoms with Gasteiger partial charge in [0.05, 0.1) is 5.56 Å². The fraction of sp³-hybridized carbons (Fsp3) is 0.562. The first kappa shape index (κ1) is 15.5. The Hall–Kier alpha value is -0.870. The fourth-order valence-electron chi connectivity index (χ4n) is 2.77. The Bertz CT molecular complexity index is 470. The van der Waals surface area contributed by atoms with Gasteiger partial charge in [-0.25, -0.2) is 0 Å². The van der Waals surface area contributed by atoms with Gasteiger partial charge < -0.3 is 10.2 Å². The lowest BCUT2D eigenvalue weighted by molar-refractivity contribution is 0.0641. The van der Waals surface area contributed by atoms with E-state index in [1.165, 1.54) is 0 Å². The number of carbonyl (C=O) groups excluding carboxylic acids is 1. The second-order valence-electron chi connectivity index (χ2n) is 5.46. The van der Waals surface area contributed by atoms with Crippen molar-refractivity contribution in [1.82, 2.24) is 10.2 Å². The van der Waals surface area contributed by atoms with Crippen LogP contribution >= 0.6 is 15.9 Å². The number of hydrogen-bond acceptors (Lipinski definition) is 2. The molecule has 2 rings (SSSR count). The summed E-state index contributed by atoms with van der Waals surface area (Å²) in [7, 11) is 0. The number of nitrogens with one attached hydrogen (secondary N) is 1. The zero-order chi connectivity index (χ0) is 14.5. The monoisotopic (exact) mass is 338 g/mol. The zero-order valence-electron chi connectivity index (χ0n) is 12.3. The molecule has 1 amide bonds. The first-order chi connectivity index (χ1) is 9.63. The second-order valence-corrected chi connectivity index (χ2v) is 6.32. The highest BCUT2D eigenvalue weighted by Crippen LogP contribution is 2.23. The first-order valence-corrected chi connectivity index (χ1v) is 8.20. The molecule has 1 aromatic carbocycles. The van der Waals surface area contributed by atoms with E-state index in [0.29, 0.717) is 6.04 Å². The van der Waals surface area contributed by atoms with Crippen molar-refractivity contribution >= 4 is 21.8 Å². The Morgan fingerprint density at radius 3 is 2.75 bits per heavy atom. The maximum Gasteiger partial charge on any atom is 0.255 e. The van der Waals surface area contributed by atoms with E-state index in [2.05, 4.69) is 33.1 Å². The van der Waals surface area contributed by atoms with Crippen molar-refractivity contribution in [3.05, 3.63) is 33.8 Å². The van der Waals surface area contributed by atoms with Crippen LogP contribution < -0.4 is 5.32 Å². The van der Waals surface area contributed by atoms with E-state index in [-0.39, 0.29) is 5.91 Å². The topological polar surface area (TPSA) is 32.3 Å². The molecule has 3 nitrogen and oxygen atoms in total. The minimum Gasteiger partial charge on any atom is -0.336 e. The molecule has 1 aromatic rings. The molecule has 0 spiro atoms. The molecule has 0 aliphatic carbocycles. The molecule has 0 saturated carbocycles. The van der Waals surface area contributed by atoms with E-state index < -0.39 is 0 Å². The summed E-state index contributed by atoms with van der Waals surface area (Å²) in [6.07, 6.45) is 3.10. The van der Waals surface area contributed by atoms with Crippen molar-refractivity contribution in [1.29, 1.82) is 0 Å². The normalized spacial score (nSPS) is 16.1. The second kappa shape index (κ2) is 7.23. The highest BCUT2D eigenvalue weighted by Gasteiger charge is 2.26. The Kier molecular flexibility index (Phi) is 5.61. The highest BCUT2D eigenvalue weighted by molar-refractivity contribution is 9.10. The number of piperidine rings is 1. The van der Waals surface area contributed by atoms with Crippen LogP contribution in [0.5, 0.6) is 0 Å². The van der Waals surface area contributed by atoms with Crippen LogP contribution in [0.15, 0.2) is 22.7 Å². The van der Waals surface area contributed by atoms with Crippen LogP contribution in [-0.2, 0) is 0 Å². The molecule has 1 heterocycles. The number of benzene rings is 1. The average Bonchev–Trinajstić information content (AvgIpc) is 2.47. The number of aryl methyl sites for hydroxylation is 1. The van der Waals surface area contributed by atoms with Crippen LogP contribution in [0.2, 0.25) is 0 Å². The van der Waals surface area contributed by atoms with Gasteiger partial charge in [-0.15, -0.1) is 0 Å². The summed E-state index contributed by atoms with van der Waals surface area (Å²) >= 11 is 3.51. The number of nitrogens with zero attached hydrogens (tertiary/aromatic N) is 1. The molecular weight excluding hydrogens is 316 g/mol. The summed E-state index contributed by atoms with van der Waals surface area (Å²) in [5, 5.41) is 3.36. The lowest BCUT2D eigenvalue weighted by Gasteiger charge is -2.35. The smallest absolute Gasteiger partial charge is 0.255 e. The minimum atomic E-state index is 0.161. The molecule has 0 unspecified atom stereocenters. The van der Waals surface area contributed by atoms with Crippen molar-refractivity contribution in [2.24, 2.45) is 0 Å². The molecule has 1 saturated heterocycles. The molecule has 1 N–H and O–H groups in total. The van der Waals surface area contributed by atoms with Gasteiger partial charge >= 0.3 is 0 Å². The molecule has 0 aromatic heterocycles. The van der Waals surface area contributed by atoms with E-state index in [0.717, 1.165) is 54.5 Å². The third kappa shape index (κ3) is 3.61. The Morgan fingerprint density at radius 1 is 1.40 bits per heavy atom. The summed E-state index contributed by atoms with van der Waals surface area (Å²) in [6, 6.07) is 6.34. The van der Waals surface area contributed by atoms with Gasteiger partial charge in [-0.1, -0.05) is 18.6 Å². The number of amides is 1. The molecule has 4 heteroatoms. The van der Waals surface area contributed by atoms with E-state index in [1.807, 2.05) is 25.1 Å². The molecule has 0 bridgehead atoms. The molecule has 0 atom stereocenters. The first-order valence-electron chi connectivity index (χ1n) is 7.41. The van der Waals surface area contributed by atoms with E-state index in [4.69, 9.17) is 0 Å². The summed E-state index contributed by atoms with van der Waals surface area (Å²) < 4.78 is 0.892. The van der Waals surface area contributed by atoms with Crippen molar-refractivity contribution in [2.45, 2.75) is 39.2 Å². The Morgan fingerprint density at radius 2 is 2.10 bits per heavy atom. The summed E-state index contributed by atoms with van der Waals surface area (Å²) in [5.74, 6) is 0.161. The number of rotatable bonds is 4. The number of carbonyl (C=O) groups is 1. The average molecular weight is 339 g/mol. The van der Waals surface area contributed by atoms with Gasteiger partial charge in [-0.2, -0.15) is 0 Å². The fourth-order valence-corrected chi connectivity index (χ4v) is 3.18. The SMILES string of the molecule is CCCN(C(=O)c1cc(C)ccc1Br)C1CCNCC1. The van der Waals surface area contributed by atoms with Crippen molar-refractivity contribution in [3.63, 3.8) is 0 Å². The van der Waals surface area contributed by atoms with E-state index >= 15 is 0 Å². The standard InChI is InChI=1S/C16H23BrN2O/c1-3-10-19(13-6-8-18-9-7-13)16(20)14-11-12(2)4-5-15(14)17/h4-5,11,13,18H,3,6-10H2,1-2H3. The van der Waals surface area contributed by atoms with Crippen LogP contribution in [0.25, 0.3) is 0 Å². The molecule has 20 heavy (non-hydrogen) atoms. The molecule has 1 fully saturated rings. The van der Waals surface area contributed by atoms with Crippen LogP contribution in [0.4, 0.5) is 0 Å². The highest BCUT2D eigenvalue weighted by atomic mass is 79.9. The van der Waals surface area contributed by atoms with Crippen molar-refractivity contribution in [3.8, 4) is 0 Å². The zero-order valence-corrected chi connectivity index (χ0v) is 13.9. The van der Waals surface area contributed by atoms with Crippen LogP contribution in [0.1, 0.15) is 42.1 Å². The number of halogens is 1. The van der Waals surface area contributed by atoms with Gasteiger partial charge in [0.25, 0.3) is 5.91 Å². The van der Waals surface area contributed by atoms with Crippen LogP contribution in [0.3, 0.4) is 0 Å². The molecule has 110 valence electrons. The third-order valence-corrected chi connectivity index (χ3v) is 4.52. The van der Waals surface area contributed by atoms with Crippen LogP contribution in [-0.4, -0.2) is 36.5 Å². The Balaban J connectivity index is 2.23. The maximum atomic E-state index is 12.9. The van der Waals surface area contributed by atoms with E-state index in [1.54, 1.807) is 0 Å². The summed E-state index contributed by atoms with van der Waals surface area (Å²) in [6.45, 7) is 7.01. The lowest BCUT2D eigenvalue weighted by Crippen LogP contribution is -2.46. The van der Waals surface area contributed by atoms with Crippen LogP contribution in [0, 0.1) is 6.92 Å². The molecule has 1 aliphatic rings. The van der Waals surface area contributed by atoms with Gasteiger partial charge in [-0.05, 0) is 67.3 Å². The summed E-state index contributed by atoms with van der Waals surface area (Å²) in [4.78, 5) is 15.0. The molecular formula is C16H23BrN2O. The third-order valence-electron chi connectivity index (χ3n) is 3.83. The van der Waals surface area contributed by atoms with E-state index in [9.17, 15) is 4.79 Å². The van der Waals surface area contributed by atoms with Gasteiger partial charge in [-0.3, -0.25) is 4.79 Å². The van der Waals surface area contributed by atoms with Gasteiger partial charge in [0, 0.05) is 17.1 Å². The van der Waals surface area contributed by atoms with Gasteiger partial charge in [0.15, 0.2) is 0 Å². The van der Waals surface area contributed by atoms with Crippen molar-refractivity contribution in [2.75, 3.05) is 19.6 Å². The van der Waals surface area contributed by atoms with Gasteiger partial charge in [0.1, 0.15) is 0 Å². The van der Waals surface area contributed by atoms with Crippen molar-refractivity contribution < 1.29 is 4.79 Å². The maximum absolute atomic E-state index is 12.9. The minimum absolute atomic E-state index is 0.161. The predicted octanol–water partition coefficient (Wildman–Crippen LogP) is 3.36. The van der Waals surface area contributed by atoms with Gasteiger partial charge in [0.2, 0.25) is 0 Å². The molecule has 0 radical (unpaired) electrons. The number of hydrogen-bond donors (Lipinski definition) is 1. The predicted molar refractivity (Wildman–Crippen MR) is 86.1 cm³/mol. The Labute approximate surface area is 129 Å².